The molecular formula is C33H37N7O2. The number of nitrogens with two attached hydrogens (primary N) is 1. The van der Waals surface area contributed by atoms with Crippen molar-refractivity contribution in [2.45, 2.75) is 51.7 Å². The minimum atomic E-state index is -0.431. The zero-order chi connectivity index (χ0) is 30.0. The number of anilines is 1. The van der Waals surface area contributed by atoms with Gasteiger partial charge in [0.1, 0.15) is 34.6 Å². The van der Waals surface area contributed by atoms with Crippen molar-refractivity contribution in [3.63, 3.8) is 0 Å². The van der Waals surface area contributed by atoms with E-state index in [1.54, 1.807) is 6.08 Å². The summed E-state index contributed by atoms with van der Waals surface area (Å²) in [6.45, 7) is 7.15. The van der Waals surface area contributed by atoms with Crippen molar-refractivity contribution in [1.82, 2.24) is 24.3 Å². The topological polar surface area (TPSA) is 113 Å². The second kappa shape index (κ2) is 11.7. The van der Waals surface area contributed by atoms with Gasteiger partial charge < -0.3 is 24.8 Å². The number of rotatable bonds is 8. The van der Waals surface area contributed by atoms with Crippen LogP contribution in [0.3, 0.4) is 0 Å². The van der Waals surface area contributed by atoms with Crippen LogP contribution in [-0.2, 0) is 11.3 Å². The lowest BCUT2D eigenvalue weighted by Gasteiger charge is -2.30. The van der Waals surface area contributed by atoms with Gasteiger partial charge in [-0.05, 0) is 96.2 Å². The molecule has 0 radical (unpaired) electrons. The van der Waals surface area contributed by atoms with E-state index >= 15 is 0 Å². The lowest BCUT2D eigenvalue weighted by molar-refractivity contribution is -0.127. The van der Waals surface area contributed by atoms with Crippen LogP contribution in [0, 0.1) is 18.3 Å². The number of fused-ring (bicyclic) bond motifs is 1. The van der Waals surface area contributed by atoms with Gasteiger partial charge in [-0.25, -0.2) is 9.97 Å². The van der Waals surface area contributed by atoms with Crippen molar-refractivity contribution < 1.29 is 9.53 Å². The van der Waals surface area contributed by atoms with E-state index in [9.17, 15) is 10.1 Å². The number of aryl methyl sites for hydroxylation is 1. The fourth-order valence-corrected chi connectivity index (χ4v) is 5.21. The average molecular weight is 564 g/mol. The Labute approximate surface area is 246 Å². The highest BCUT2D eigenvalue weighted by molar-refractivity contribution is 5.98. The number of nitriles is 1. The number of hydrogen-bond acceptors (Lipinski definition) is 7. The smallest absolute Gasteiger partial charge is 0.264 e. The first-order valence-corrected chi connectivity index (χ1v) is 14.2. The zero-order valence-electron chi connectivity index (χ0n) is 24.8. The van der Waals surface area contributed by atoms with Crippen LogP contribution in [0.4, 0.5) is 5.82 Å². The normalized spacial score (nSPS) is 15.8. The molecule has 1 amide bonds. The Balaban J connectivity index is 1.42. The Hall–Kier alpha value is -4.68. The highest BCUT2D eigenvalue weighted by Crippen LogP contribution is 2.30. The second-order valence-electron chi connectivity index (χ2n) is 11.5. The highest BCUT2D eigenvalue weighted by Gasteiger charge is 2.33. The Morgan fingerprint density at radius 1 is 1.14 bits per heavy atom. The molecule has 1 atom stereocenters. The van der Waals surface area contributed by atoms with Crippen LogP contribution in [0.15, 0.2) is 72.3 Å². The molecule has 9 nitrogen and oxygen atoms in total. The summed E-state index contributed by atoms with van der Waals surface area (Å²) < 4.78 is 8.03. The van der Waals surface area contributed by atoms with Crippen molar-refractivity contribution in [2.75, 3.05) is 26.4 Å². The SMILES string of the molecule is Cc1cc2c(N)nc(-c3ccc(Oc4ccccc4)cc3)nc2n1C[C@@H]1CCCN1C(=O)C(C#N)=CC(C)(C)N(C)C. The number of benzene rings is 2. The minimum absolute atomic E-state index is 0.0694. The molecule has 1 fully saturated rings. The number of para-hydroxylation sites is 1. The monoisotopic (exact) mass is 563 g/mol. The highest BCUT2D eigenvalue weighted by atomic mass is 16.5. The van der Waals surface area contributed by atoms with E-state index in [2.05, 4.69) is 15.6 Å². The number of aromatic nitrogens is 3. The zero-order valence-corrected chi connectivity index (χ0v) is 24.8. The summed E-state index contributed by atoms with van der Waals surface area (Å²) in [6.07, 6.45) is 3.48. The Kier molecular flexibility index (Phi) is 8.01. The van der Waals surface area contributed by atoms with Crippen molar-refractivity contribution >= 4 is 22.8 Å². The van der Waals surface area contributed by atoms with E-state index < -0.39 is 5.54 Å². The lowest BCUT2D eigenvalue weighted by atomic mass is 9.99. The first kappa shape index (κ1) is 28.8. The number of amides is 1. The van der Waals surface area contributed by atoms with Crippen LogP contribution in [0.1, 0.15) is 32.4 Å². The quantitative estimate of drug-likeness (QED) is 0.220. The summed E-state index contributed by atoms with van der Waals surface area (Å²) in [5.74, 6) is 2.17. The Morgan fingerprint density at radius 2 is 1.83 bits per heavy atom. The van der Waals surface area contributed by atoms with Crippen LogP contribution >= 0.6 is 0 Å². The summed E-state index contributed by atoms with van der Waals surface area (Å²) in [6, 6.07) is 21.3. The molecule has 42 heavy (non-hydrogen) atoms. The molecule has 4 aromatic rings. The maximum atomic E-state index is 13.6. The third kappa shape index (κ3) is 5.85. The molecule has 2 N–H and O–H groups in total. The average Bonchev–Trinajstić information content (AvgIpc) is 3.57. The number of carbonyl (C=O) groups excluding carboxylic acids is 1. The van der Waals surface area contributed by atoms with Gasteiger partial charge in [0.15, 0.2) is 5.82 Å². The minimum Gasteiger partial charge on any atom is -0.457 e. The standard InChI is InChI=1S/C33H37N7O2/c1-22-18-28-29(35)36-30(23-13-15-27(16-14-23)42-26-11-7-6-8-12-26)37-31(28)40(22)21-25-10-9-17-39(25)32(41)24(20-34)19-33(2,3)38(4)5/h6-8,11-16,18-19,25H,9-10,17,21H2,1-5H3,(H2,35,36,37)/t25-/m0/s1. The van der Waals surface area contributed by atoms with Crippen molar-refractivity contribution in [3.8, 4) is 29.0 Å². The van der Waals surface area contributed by atoms with Crippen LogP contribution in [0.2, 0.25) is 0 Å². The molecule has 216 valence electrons. The van der Waals surface area contributed by atoms with Gasteiger partial charge in [0.2, 0.25) is 0 Å². The number of ether oxygens (including phenoxy) is 1. The van der Waals surface area contributed by atoms with Crippen molar-refractivity contribution in [2.24, 2.45) is 0 Å². The molecule has 0 bridgehead atoms. The second-order valence-corrected chi connectivity index (χ2v) is 11.5. The molecule has 0 saturated carbocycles. The molecule has 5 rings (SSSR count). The van der Waals surface area contributed by atoms with Gasteiger partial charge >= 0.3 is 0 Å². The fourth-order valence-electron chi connectivity index (χ4n) is 5.21. The number of carbonyl (C=O) groups is 1. The van der Waals surface area contributed by atoms with E-state index in [0.717, 1.165) is 40.9 Å². The van der Waals surface area contributed by atoms with Crippen LogP contribution in [0.25, 0.3) is 22.4 Å². The molecule has 3 heterocycles. The summed E-state index contributed by atoms with van der Waals surface area (Å²) in [5.41, 5.74) is 8.70. The van der Waals surface area contributed by atoms with Crippen LogP contribution < -0.4 is 10.5 Å². The van der Waals surface area contributed by atoms with Gasteiger partial charge in [-0.1, -0.05) is 18.2 Å². The molecule has 0 unspecified atom stereocenters. The number of nitrogen functional groups attached to an aromatic ring is 1. The number of likely N-dealkylation sites (N-methyl/N-ethyl adjacent to an activating group) is 1. The third-order valence-corrected chi connectivity index (χ3v) is 8.11. The first-order chi connectivity index (χ1) is 20.1. The van der Waals surface area contributed by atoms with Gasteiger partial charge in [-0.2, -0.15) is 5.26 Å². The molecule has 9 heteroatoms. The maximum absolute atomic E-state index is 13.6. The van der Waals surface area contributed by atoms with E-state index in [4.69, 9.17) is 15.5 Å². The molecule has 2 aromatic heterocycles. The summed E-state index contributed by atoms with van der Waals surface area (Å²) in [7, 11) is 3.87. The molecule has 1 aliphatic rings. The van der Waals surface area contributed by atoms with Gasteiger partial charge in [-0.3, -0.25) is 4.79 Å². The molecule has 2 aromatic carbocycles. The molecule has 0 aliphatic carbocycles. The summed E-state index contributed by atoms with van der Waals surface area (Å²) in [4.78, 5) is 26.9. The van der Waals surface area contributed by atoms with E-state index in [-0.39, 0.29) is 17.5 Å². The molecule has 1 aliphatic heterocycles. The van der Waals surface area contributed by atoms with E-state index in [0.29, 0.717) is 30.5 Å². The Morgan fingerprint density at radius 3 is 2.50 bits per heavy atom. The van der Waals surface area contributed by atoms with Crippen LogP contribution in [-0.4, -0.2) is 62.5 Å². The van der Waals surface area contributed by atoms with Crippen molar-refractivity contribution in [3.05, 3.63) is 78.0 Å². The van der Waals surface area contributed by atoms with Gasteiger partial charge in [0, 0.05) is 29.9 Å². The van der Waals surface area contributed by atoms with Crippen LogP contribution in [0.5, 0.6) is 11.5 Å². The molecule has 1 saturated heterocycles. The lowest BCUT2D eigenvalue weighted by Crippen LogP contribution is -2.41. The summed E-state index contributed by atoms with van der Waals surface area (Å²) in [5, 5.41) is 10.6. The van der Waals surface area contributed by atoms with Crippen molar-refractivity contribution in [1.29, 1.82) is 5.26 Å². The molecule has 0 spiro atoms. The number of nitrogens with zero attached hydrogens (tertiary/aromatic N) is 6. The van der Waals surface area contributed by atoms with E-state index in [1.807, 2.05) is 105 Å². The largest absolute Gasteiger partial charge is 0.457 e. The first-order valence-electron chi connectivity index (χ1n) is 14.2. The molecular weight excluding hydrogens is 526 g/mol. The summed E-state index contributed by atoms with van der Waals surface area (Å²) >= 11 is 0. The predicted octanol–water partition coefficient (Wildman–Crippen LogP) is 5.56. The number of hydrogen-bond donors (Lipinski definition) is 1. The van der Waals surface area contributed by atoms with Gasteiger partial charge in [-0.15, -0.1) is 0 Å². The predicted molar refractivity (Wildman–Crippen MR) is 165 cm³/mol. The van der Waals surface area contributed by atoms with Gasteiger partial charge in [0.25, 0.3) is 5.91 Å². The van der Waals surface area contributed by atoms with E-state index in [1.165, 1.54) is 0 Å². The van der Waals surface area contributed by atoms with Gasteiger partial charge in [0.05, 0.1) is 11.4 Å². The Bertz CT molecular complexity index is 1660. The maximum Gasteiger partial charge on any atom is 0.264 e. The fraction of sp³-hybridized carbons (Fsp3) is 0.333. The number of likely N-dealkylation sites (tertiary alicyclic amines) is 1. The third-order valence-electron chi connectivity index (χ3n) is 8.11.